The summed E-state index contributed by atoms with van der Waals surface area (Å²) in [7, 11) is 0. The standard InChI is InChI=1S/C20H23N3O2/c1-20(2,3)19-15(13-21-22-19)9-10-17(24)14-6-4-7-16(12-14)23-11-5-8-18(23)25/h4,6-7,9-10,12-13H,5,8,11H2,1-3H3,(H,21,22)/b10-9+. The number of carbonyl (C=O) groups excluding carboxylic acids is 2. The number of anilines is 1. The van der Waals surface area contributed by atoms with E-state index in [2.05, 4.69) is 31.0 Å². The molecular weight excluding hydrogens is 314 g/mol. The van der Waals surface area contributed by atoms with E-state index in [1.54, 1.807) is 35.4 Å². The molecule has 130 valence electrons. The molecule has 2 aromatic rings. The number of H-pyrrole nitrogens is 1. The summed E-state index contributed by atoms with van der Waals surface area (Å²) in [5, 5.41) is 7.09. The molecule has 5 nitrogen and oxygen atoms in total. The molecule has 1 aliphatic rings. The maximum Gasteiger partial charge on any atom is 0.227 e. The summed E-state index contributed by atoms with van der Waals surface area (Å²) in [6, 6.07) is 7.25. The topological polar surface area (TPSA) is 66.1 Å². The Labute approximate surface area is 147 Å². The minimum absolute atomic E-state index is 0.0742. The molecule has 0 unspecified atom stereocenters. The highest BCUT2D eigenvalue weighted by Gasteiger charge is 2.22. The average molecular weight is 337 g/mol. The number of aromatic nitrogens is 2. The number of nitrogens with zero attached hydrogens (tertiary/aromatic N) is 2. The fraction of sp³-hybridized carbons (Fsp3) is 0.350. The number of hydrogen-bond donors (Lipinski definition) is 1. The Morgan fingerprint density at radius 2 is 2.12 bits per heavy atom. The SMILES string of the molecule is CC(C)(C)c1[nH]ncc1/C=C/C(=O)c1cccc(N2CCCC2=O)c1. The van der Waals surface area contributed by atoms with Crippen molar-refractivity contribution in [2.24, 2.45) is 0 Å². The Bertz CT molecular complexity index is 827. The largest absolute Gasteiger partial charge is 0.312 e. The van der Waals surface area contributed by atoms with Crippen LogP contribution in [0.3, 0.4) is 0 Å². The van der Waals surface area contributed by atoms with Gasteiger partial charge in [-0.15, -0.1) is 0 Å². The van der Waals surface area contributed by atoms with Gasteiger partial charge in [0.15, 0.2) is 5.78 Å². The zero-order valence-electron chi connectivity index (χ0n) is 14.9. The molecule has 1 saturated heterocycles. The van der Waals surface area contributed by atoms with Crippen LogP contribution in [-0.2, 0) is 10.2 Å². The van der Waals surface area contributed by atoms with Crippen LogP contribution in [0.2, 0.25) is 0 Å². The number of carbonyl (C=O) groups is 2. The van der Waals surface area contributed by atoms with Gasteiger partial charge in [-0.1, -0.05) is 32.9 Å². The van der Waals surface area contributed by atoms with Crippen molar-refractivity contribution < 1.29 is 9.59 Å². The van der Waals surface area contributed by atoms with Crippen molar-refractivity contribution in [2.45, 2.75) is 39.0 Å². The summed E-state index contributed by atoms with van der Waals surface area (Å²) in [4.78, 5) is 26.2. The molecule has 1 amide bonds. The number of ketones is 1. The second-order valence-corrected chi connectivity index (χ2v) is 7.35. The van der Waals surface area contributed by atoms with Crippen LogP contribution < -0.4 is 4.90 Å². The minimum Gasteiger partial charge on any atom is -0.312 e. The van der Waals surface area contributed by atoms with Gasteiger partial charge >= 0.3 is 0 Å². The van der Waals surface area contributed by atoms with Gasteiger partial charge in [-0.05, 0) is 30.7 Å². The van der Waals surface area contributed by atoms with E-state index in [-0.39, 0.29) is 17.1 Å². The van der Waals surface area contributed by atoms with Gasteiger partial charge in [0.05, 0.1) is 6.20 Å². The van der Waals surface area contributed by atoms with Crippen molar-refractivity contribution in [1.29, 1.82) is 0 Å². The van der Waals surface area contributed by atoms with Gasteiger partial charge in [0.25, 0.3) is 0 Å². The summed E-state index contributed by atoms with van der Waals surface area (Å²) in [6.45, 7) is 7.00. The predicted octanol–water partition coefficient (Wildman–Crippen LogP) is 3.73. The molecule has 1 aromatic carbocycles. The molecule has 0 bridgehead atoms. The van der Waals surface area contributed by atoms with Gasteiger partial charge in [0, 0.05) is 40.9 Å². The first kappa shape index (κ1) is 17.1. The third-order valence-electron chi connectivity index (χ3n) is 4.35. The number of benzene rings is 1. The zero-order chi connectivity index (χ0) is 18.0. The Hall–Kier alpha value is -2.69. The summed E-state index contributed by atoms with van der Waals surface area (Å²) in [5.41, 5.74) is 3.20. The molecule has 5 heteroatoms. The maximum absolute atomic E-state index is 12.5. The van der Waals surface area contributed by atoms with Crippen LogP contribution in [0, 0.1) is 0 Å². The molecule has 3 rings (SSSR count). The number of aromatic amines is 1. The van der Waals surface area contributed by atoms with Crippen LogP contribution in [-0.4, -0.2) is 28.4 Å². The zero-order valence-corrected chi connectivity index (χ0v) is 14.9. The summed E-state index contributed by atoms with van der Waals surface area (Å²) in [5.74, 6) is 0.0305. The van der Waals surface area contributed by atoms with Gasteiger partial charge in [0.2, 0.25) is 5.91 Å². The lowest BCUT2D eigenvalue weighted by Gasteiger charge is -2.17. The van der Waals surface area contributed by atoms with E-state index in [4.69, 9.17) is 0 Å². The second-order valence-electron chi connectivity index (χ2n) is 7.35. The second kappa shape index (κ2) is 6.67. The lowest BCUT2D eigenvalue weighted by Crippen LogP contribution is -2.23. The first-order valence-electron chi connectivity index (χ1n) is 8.53. The van der Waals surface area contributed by atoms with Crippen molar-refractivity contribution in [3.05, 3.63) is 53.4 Å². The van der Waals surface area contributed by atoms with Crippen LogP contribution in [0.25, 0.3) is 6.08 Å². The average Bonchev–Trinajstić information content (AvgIpc) is 3.21. The lowest BCUT2D eigenvalue weighted by molar-refractivity contribution is -0.117. The van der Waals surface area contributed by atoms with Crippen LogP contribution in [0.15, 0.2) is 36.5 Å². The van der Waals surface area contributed by atoms with Crippen molar-refractivity contribution in [3.63, 3.8) is 0 Å². The summed E-state index contributed by atoms with van der Waals surface area (Å²) >= 11 is 0. The van der Waals surface area contributed by atoms with Crippen LogP contribution >= 0.6 is 0 Å². The molecule has 1 fully saturated rings. The van der Waals surface area contributed by atoms with E-state index >= 15 is 0 Å². The Morgan fingerprint density at radius 1 is 1.32 bits per heavy atom. The number of amides is 1. The molecule has 0 radical (unpaired) electrons. The van der Waals surface area contributed by atoms with Gasteiger partial charge in [-0.3, -0.25) is 14.7 Å². The normalized spacial score (nSPS) is 15.3. The molecule has 0 atom stereocenters. The Balaban J connectivity index is 1.80. The Kier molecular flexibility index (Phi) is 4.57. The smallest absolute Gasteiger partial charge is 0.227 e. The molecule has 25 heavy (non-hydrogen) atoms. The fourth-order valence-corrected chi connectivity index (χ4v) is 3.03. The van der Waals surface area contributed by atoms with Crippen LogP contribution in [0.5, 0.6) is 0 Å². The molecule has 0 spiro atoms. The van der Waals surface area contributed by atoms with Crippen molar-refractivity contribution in [3.8, 4) is 0 Å². The first-order valence-corrected chi connectivity index (χ1v) is 8.53. The number of rotatable bonds is 4. The fourth-order valence-electron chi connectivity index (χ4n) is 3.03. The van der Waals surface area contributed by atoms with Crippen molar-refractivity contribution in [1.82, 2.24) is 10.2 Å². The highest BCUT2D eigenvalue weighted by Crippen LogP contribution is 2.25. The van der Waals surface area contributed by atoms with E-state index in [0.29, 0.717) is 12.0 Å². The molecule has 1 aromatic heterocycles. The highest BCUT2D eigenvalue weighted by atomic mass is 16.2. The first-order chi connectivity index (χ1) is 11.9. The third-order valence-corrected chi connectivity index (χ3v) is 4.35. The number of hydrogen-bond acceptors (Lipinski definition) is 3. The molecular formula is C20H23N3O2. The number of nitrogens with one attached hydrogen (secondary N) is 1. The van der Waals surface area contributed by atoms with Crippen molar-refractivity contribution >= 4 is 23.5 Å². The van der Waals surface area contributed by atoms with Gasteiger partial charge in [-0.2, -0.15) is 5.10 Å². The maximum atomic E-state index is 12.5. The molecule has 1 aliphatic heterocycles. The lowest BCUT2D eigenvalue weighted by atomic mass is 9.89. The minimum atomic E-state index is -0.0884. The molecule has 1 N–H and O–H groups in total. The van der Waals surface area contributed by atoms with E-state index in [1.807, 2.05) is 12.1 Å². The van der Waals surface area contributed by atoms with E-state index < -0.39 is 0 Å². The molecule has 2 heterocycles. The third kappa shape index (κ3) is 3.71. The van der Waals surface area contributed by atoms with E-state index in [1.165, 1.54) is 0 Å². The summed E-state index contributed by atoms with van der Waals surface area (Å²) in [6.07, 6.45) is 6.52. The predicted molar refractivity (Wildman–Crippen MR) is 98.7 cm³/mol. The quantitative estimate of drug-likeness (QED) is 0.683. The summed E-state index contributed by atoms with van der Waals surface area (Å²) < 4.78 is 0. The molecule has 0 saturated carbocycles. The van der Waals surface area contributed by atoms with Gasteiger partial charge < -0.3 is 4.90 Å². The van der Waals surface area contributed by atoms with Crippen LogP contribution in [0.1, 0.15) is 55.2 Å². The number of allylic oxidation sites excluding steroid dienone is 1. The monoisotopic (exact) mass is 337 g/mol. The van der Waals surface area contributed by atoms with Gasteiger partial charge in [-0.25, -0.2) is 0 Å². The Morgan fingerprint density at radius 3 is 2.80 bits per heavy atom. The van der Waals surface area contributed by atoms with Gasteiger partial charge in [0.1, 0.15) is 0 Å². The van der Waals surface area contributed by atoms with E-state index in [0.717, 1.165) is 29.9 Å². The van der Waals surface area contributed by atoms with E-state index in [9.17, 15) is 9.59 Å². The van der Waals surface area contributed by atoms with Crippen LogP contribution in [0.4, 0.5) is 5.69 Å². The molecule has 0 aliphatic carbocycles. The van der Waals surface area contributed by atoms with Crippen molar-refractivity contribution in [2.75, 3.05) is 11.4 Å². The highest BCUT2D eigenvalue weighted by molar-refractivity contribution is 6.08.